The third-order valence-electron chi connectivity index (χ3n) is 5.14. The molecule has 3 aliphatic rings. The molecule has 0 spiro atoms. The number of amides is 2. The molecule has 0 aromatic rings. The highest BCUT2D eigenvalue weighted by atomic mass is 16.5. The molecule has 5 nitrogen and oxygen atoms in total. The van der Waals surface area contributed by atoms with E-state index in [1.807, 2.05) is 18.7 Å². The van der Waals surface area contributed by atoms with Crippen LogP contribution in [0.4, 0.5) is 0 Å². The summed E-state index contributed by atoms with van der Waals surface area (Å²) in [6, 6.07) is -0.620. The van der Waals surface area contributed by atoms with Gasteiger partial charge in [0.25, 0.3) is 0 Å². The summed E-state index contributed by atoms with van der Waals surface area (Å²) in [5.74, 6) is 0.977. The zero-order valence-corrected chi connectivity index (χ0v) is 13.2. The highest BCUT2D eigenvalue weighted by Crippen LogP contribution is 2.36. The Morgan fingerprint density at radius 3 is 2.52 bits per heavy atom. The van der Waals surface area contributed by atoms with Crippen molar-refractivity contribution in [3.8, 4) is 0 Å². The summed E-state index contributed by atoms with van der Waals surface area (Å²) in [6.45, 7) is 7.50. The molecule has 1 N–H and O–H groups in total. The molecule has 5 heteroatoms. The molecular formula is C16H26N2O3. The van der Waals surface area contributed by atoms with E-state index in [1.54, 1.807) is 0 Å². The summed E-state index contributed by atoms with van der Waals surface area (Å²) < 4.78 is 5.61. The molecule has 2 amide bonds. The second-order valence-corrected chi connectivity index (χ2v) is 7.13. The molecule has 2 saturated heterocycles. The molecule has 2 heterocycles. The van der Waals surface area contributed by atoms with Crippen LogP contribution in [0.5, 0.6) is 0 Å². The Kier molecular flexibility index (Phi) is 3.95. The number of piperazine rings is 1. The average molecular weight is 294 g/mol. The first-order valence-electron chi connectivity index (χ1n) is 8.21. The van der Waals surface area contributed by atoms with E-state index in [4.69, 9.17) is 4.74 Å². The lowest BCUT2D eigenvalue weighted by molar-refractivity contribution is -0.152. The number of rotatable bonds is 4. The maximum Gasteiger partial charge on any atom is 0.246 e. The predicted octanol–water partition coefficient (Wildman–Crippen LogP) is 1.17. The monoisotopic (exact) mass is 294 g/mol. The zero-order valence-electron chi connectivity index (χ0n) is 13.2. The topological polar surface area (TPSA) is 58.6 Å². The van der Waals surface area contributed by atoms with Crippen LogP contribution in [0.1, 0.15) is 40.0 Å². The fraction of sp³-hybridized carbons (Fsp3) is 0.875. The SMILES string of the molecule is CC(C)C1C(=O)NC(C2CC2)C(=O)N1CC1CCOC1C. The second kappa shape index (κ2) is 5.59. The van der Waals surface area contributed by atoms with Gasteiger partial charge in [0.2, 0.25) is 11.8 Å². The van der Waals surface area contributed by atoms with Crippen molar-refractivity contribution in [3.05, 3.63) is 0 Å². The van der Waals surface area contributed by atoms with Crippen LogP contribution >= 0.6 is 0 Å². The zero-order chi connectivity index (χ0) is 15.1. The Morgan fingerprint density at radius 2 is 2.00 bits per heavy atom. The van der Waals surface area contributed by atoms with E-state index in [1.165, 1.54) is 0 Å². The molecule has 2 aliphatic heterocycles. The lowest BCUT2D eigenvalue weighted by atomic mass is 9.92. The van der Waals surface area contributed by atoms with Crippen LogP contribution in [-0.2, 0) is 14.3 Å². The maximum atomic E-state index is 12.8. The number of nitrogens with one attached hydrogen (secondary N) is 1. The number of nitrogens with zero attached hydrogens (tertiary/aromatic N) is 1. The molecule has 0 radical (unpaired) electrons. The van der Waals surface area contributed by atoms with E-state index < -0.39 is 0 Å². The maximum absolute atomic E-state index is 12.8. The first-order valence-corrected chi connectivity index (χ1v) is 8.21. The molecular weight excluding hydrogens is 268 g/mol. The third-order valence-corrected chi connectivity index (χ3v) is 5.14. The van der Waals surface area contributed by atoms with Gasteiger partial charge in [0, 0.05) is 19.1 Å². The van der Waals surface area contributed by atoms with Crippen molar-refractivity contribution in [2.24, 2.45) is 17.8 Å². The fourth-order valence-corrected chi connectivity index (χ4v) is 3.64. The molecule has 0 aromatic carbocycles. The number of hydrogen-bond acceptors (Lipinski definition) is 3. The van der Waals surface area contributed by atoms with E-state index in [-0.39, 0.29) is 35.9 Å². The molecule has 1 aliphatic carbocycles. The van der Waals surface area contributed by atoms with Crippen molar-refractivity contribution in [1.82, 2.24) is 10.2 Å². The Bertz CT molecular complexity index is 433. The van der Waals surface area contributed by atoms with Crippen molar-refractivity contribution >= 4 is 11.8 Å². The smallest absolute Gasteiger partial charge is 0.246 e. The molecule has 3 fully saturated rings. The summed E-state index contributed by atoms with van der Waals surface area (Å²) in [4.78, 5) is 27.1. The molecule has 0 bridgehead atoms. The first kappa shape index (κ1) is 14.8. The van der Waals surface area contributed by atoms with Gasteiger partial charge >= 0.3 is 0 Å². The van der Waals surface area contributed by atoms with Gasteiger partial charge in [-0.25, -0.2) is 0 Å². The van der Waals surface area contributed by atoms with Gasteiger partial charge in [0.15, 0.2) is 0 Å². The van der Waals surface area contributed by atoms with E-state index in [0.29, 0.717) is 18.4 Å². The number of ether oxygens (including phenoxy) is 1. The quantitative estimate of drug-likeness (QED) is 0.847. The Labute approximate surface area is 126 Å². The third kappa shape index (κ3) is 2.80. The van der Waals surface area contributed by atoms with Crippen LogP contribution in [0.25, 0.3) is 0 Å². The van der Waals surface area contributed by atoms with Gasteiger partial charge in [-0.05, 0) is 38.0 Å². The van der Waals surface area contributed by atoms with Gasteiger partial charge in [-0.3, -0.25) is 9.59 Å². The minimum Gasteiger partial charge on any atom is -0.378 e. The summed E-state index contributed by atoms with van der Waals surface area (Å²) in [7, 11) is 0. The van der Waals surface area contributed by atoms with E-state index in [9.17, 15) is 9.59 Å². The van der Waals surface area contributed by atoms with E-state index >= 15 is 0 Å². The Morgan fingerprint density at radius 1 is 1.29 bits per heavy atom. The van der Waals surface area contributed by atoms with Gasteiger partial charge in [-0.15, -0.1) is 0 Å². The fourth-order valence-electron chi connectivity index (χ4n) is 3.64. The Hall–Kier alpha value is -1.10. The molecule has 21 heavy (non-hydrogen) atoms. The van der Waals surface area contributed by atoms with Crippen LogP contribution in [0.2, 0.25) is 0 Å². The minimum absolute atomic E-state index is 0.0214. The summed E-state index contributed by atoms with van der Waals surface area (Å²) in [6.07, 6.45) is 3.26. The minimum atomic E-state index is -0.333. The highest BCUT2D eigenvalue weighted by molar-refractivity contribution is 5.97. The van der Waals surface area contributed by atoms with Crippen molar-refractivity contribution in [1.29, 1.82) is 0 Å². The van der Waals surface area contributed by atoms with Crippen molar-refractivity contribution in [2.45, 2.75) is 58.2 Å². The molecule has 3 rings (SSSR count). The van der Waals surface area contributed by atoms with Crippen LogP contribution in [0, 0.1) is 17.8 Å². The van der Waals surface area contributed by atoms with Gasteiger partial charge in [-0.1, -0.05) is 13.8 Å². The Balaban J connectivity index is 1.79. The first-order chi connectivity index (χ1) is 9.99. The lowest BCUT2D eigenvalue weighted by Crippen LogP contribution is -2.66. The summed E-state index contributed by atoms with van der Waals surface area (Å²) in [5, 5.41) is 2.96. The molecule has 4 unspecified atom stereocenters. The van der Waals surface area contributed by atoms with Crippen LogP contribution < -0.4 is 5.32 Å². The summed E-state index contributed by atoms with van der Waals surface area (Å²) >= 11 is 0. The molecule has 4 atom stereocenters. The van der Waals surface area contributed by atoms with Gasteiger partial charge in [0.05, 0.1) is 6.10 Å². The molecule has 1 saturated carbocycles. The highest BCUT2D eigenvalue weighted by Gasteiger charge is 2.48. The average Bonchev–Trinajstić information content (AvgIpc) is 3.18. The van der Waals surface area contributed by atoms with Crippen molar-refractivity contribution in [3.63, 3.8) is 0 Å². The predicted molar refractivity (Wildman–Crippen MR) is 78.5 cm³/mol. The normalized spacial score (nSPS) is 37.2. The standard InChI is InChI=1S/C16H26N2O3/c1-9(2)14-15(19)17-13(11-4-5-11)16(20)18(14)8-12-6-7-21-10(12)3/h9-14H,4-8H2,1-3H3,(H,17,19). The van der Waals surface area contributed by atoms with Crippen LogP contribution in [-0.4, -0.2) is 48.1 Å². The van der Waals surface area contributed by atoms with Crippen LogP contribution in [0.15, 0.2) is 0 Å². The number of hydrogen-bond donors (Lipinski definition) is 1. The molecule has 0 aromatic heterocycles. The van der Waals surface area contributed by atoms with Gasteiger partial charge < -0.3 is 15.0 Å². The van der Waals surface area contributed by atoms with E-state index in [0.717, 1.165) is 25.9 Å². The number of carbonyl (C=O) groups excluding carboxylic acids is 2. The largest absolute Gasteiger partial charge is 0.378 e. The lowest BCUT2D eigenvalue weighted by Gasteiger charge is -2.42. The van der Waals surface area contributed by atoms with E-state index in [2.05, 4.69) is 12.2 Å². The van der Waals surface area contributed by atoms with Gasteiger partial charge in [-0.2, -0.15) is 0 Å². The van der Waals surface area contributed by atoms with Gasteiger partial charge in [0.1, 0.15) is 12.1 Å². The van der Waals surface area contributed by atoms with Crippen LogP contribution in [0.3, 0.4) is 0 Å². The van der Waals surface area contributed by atoms with Crippen molar-refractivity contribution in [2.75, 3.05) is 13.2 Å². The second-order valence-electron chi connectivity index (χ2n) is 7.13. The molecule has 118 valence electrons. The van der Waals surface area contributed by atoms with Crippen molar-refractivity contribution < 1.29 is 14.3 Å². The summed E-state index contributed by atoms with van der Waals surface area (Å²) in [5.41, 5.74) is 0. The number of carbonyl (C=O) groups is 2.